The van der Waals surface area contributed by atoms with Crippen molar-refractivity contribution in [1.82, 2.24) is 30.2 Å². The highest BCUT2D eigenvalue weighted by Gasteiger charge is 2.42. The Morgan fingerprint density at radius 3 is 2.33 bits per heavy atom. The number of nitrogens with one attached hydrogen (secondary N) is 1. The first kappa shape index (κ1) is 28.3. The summed E-state index contributed by atoms with van der Waals surface area (Å²) in [5.41, 5.74) is 1.39. The Kier molecular flexibility index (Phi) is 8.10. The summed E-state index contributed by atoms with van der Waals surface area (Å²) >= 11 is 0. The smallest absolute Gasteiger partial charge is 0.248 e. The van der Waals surface area contributed by atoms with Gasteiger partial charge in [-0.2, -0.15) is 0 Å². The van der Waals surface area contributed by atoms with Gasteiger partial charge in [-0.05, 0) is 17.0 Å². The molecule has 3 atom stereocenters. The normalized spacial score (nSPS) is 18.4. The number of carbonyl (C=O) groups excluding carboxylic acids is 2. The number of likely N-dealkylation sites (tertiary alicyclic amines) is 1. The van der Waals surface area contributed by atoms with Gasteiger partial charge in [-0.25, -0.2) is 13.5 Å². The van der Waals surface area contributed by atoms with Crippen LogP contribution in [0, 0.1) is 17.6 Å². The van der Waals surface area contributed by atoms with Crippen molar-refractivity contribution < 1.29 is 23.5 Å². The molecule has 4 rings (SSSR count). The van der Waals surface area contributed by atoms with E-state index in [4.69, 9.17) is 0 Å². The third-order valence-electron chi connectivity index (χ3n) is 6.88. The zero-order valence-electron chi connectivity index (χ0n) is 22.7. The van der Waals surface area contributed by atoms with Gasteiger partial charge in [0, 0.05) is 31.1 Å². The largest absolute Gasteiger partial charge is 0.391 e. The zero-order chi connectivity index (χ0) is 28.5. The molecule has 208 valence electrons. The molecule has 1 saturated heterocycles. The summed E-state index contributed by atoms with van der Waals surface area (Å²) in [5, 5.41) is 21.6. The van der Waals surface area contributed by atoms with E-state index in [1.54, 1.807) is 35.1 Å². The van der Waals surface area contributed by atoms with Crippen molar-refractivity contribution in [2.45, 2.75) is 71.2 Å². The molecular formula is C28H34F2N6O3. The van der Waals surface area contributed by atoms with Crippen LogP contribution >= 0.6 is 0 Å². The van der Waals surface area contributed by atoms with Gasteiger partial charge in [0.25, 0.3) is 0 Å². The van der Waals surface area contributed by atoms with Crippen molar-refractivity contribution in [1.29, 1.82) is 0 Å². The van der Waals surface area contributed by atoms with E-state index in [0.717, 1.165) is 18.1 Å². The maximum absolute atomic E-state index is 14.0. The third kappa shape index (κ3) is 6.13. The predicted octanol–water partition coefficient (Wildman–Crippen LogP) is 3.39. The van der Waals surface area contributed by atoms with Gasteiger partial charge in [0.05, 0.1) is 29.8 Å². The molecule has 0 radical (unpaired) electrons. The van der Waals surface area contributed by atoms with Gasteiger partial charge in [-0.3, -0.25) is 14.6 Å². The van der Waals surface area contributed by atoms with Crippen LogP contribution in [-0.4, -0.2) is 60.5 Å². The van der Waals surface area contributed by atoms with Crippen LogP contribution in [0.3, 0.4) is 0 Å². The Hall–Kier alpha value is -3.73. The number of aromatic nitrogens is 4. The molecule has 1 aliphatic heterocycles. The van der Waals surface area contributed by atoms with Crippen molar-refractivity contribution in [3.05, 3.63) is 65.7 Å². The Morgan fingerprint density at radius 2 is 1.77 bits per heavy atom. The number of aliphatic hydroxyl groups excluding tert-OH is 1. The maximum Gasteiger partial charge on any atom is 0.248 e. The van der Waals surface area contributed by atoms with E-state index >= 15 is 0 Å². The van der Waals surface area contributed by atoms with E-state index in [2.05, 4.69) is 20.6 Å². The molecule has 3 heterocycles. The predicted molar refractivity (Wildman–Crippen MR) is 140 cm³/mol. The highest BCUT2D eigenvalue weighted by Crippen LogP contribution is 2.29. The quantitative estimate of drug-likeness (QED) is 0.475. The summed E-state index contributed by atoms with van der Waals surface area (Å²) < 4.78 is 29.6. The van der Waals surface area contributed by atoms with Crippen LogP contribution in [0.2, 0.25) is 0 Å². The molecule has 2 aromatic heterocycles. The van der Waals surface area contributed by atoms with Crippen LogP contribution in [0.15, 0.2) is 42.9 Å². The maximum atomic E-state index is 14.0. The minimum absolute atomic E-state index is 0.0404. The SMILES string of the molecule is CC(C)[C@@H](C(=O)N1C[C@H](O)C[C@H]1C(=O)NCc1ccc(-c2c(F)cncc2F)cc1)n1cc(C(C)(C)C)nn1. The van der Waals surface area contributed by atoms with E-state index < -0.39 is 35.7 Å². The number of β-amino-alcohol motifs (C(OH)–C–C–N with tert-alkyl or cyclic N) is 1. The molecule has 9 nitrogen and oxygen atoms in total. The average molecular weight is 541 g/mol. The number of amides is 2. The van der Waals surface area contributed by atoms with Crippen LogP contribution in [-0.2, 0) is 21.5 Å². The molecule has 0 unspecified atom stereocenters. The summed E-state index contributed by atoms with van der Waals surface area (Å²) in [4.78, 5) is 31.8. The van der Waals surface area contributed by atoms with Gasteiger partial charge in [-0.15, -0.1) is 5.10 Å². The van der Waals surface area contributed by atoms with Crippen molar-refractivity contribution in [3.8, 4) is 11.1 Å². The number of nitrogens with zero attached hydrogens (tertiary/aromatic N) is 5. The number of hydrogen-bond acceptors (Lipinski definition) is 6. The van der Waals surface area contributed by atoms with Gasteiger partial charge in [0.1, 0.15) is 12.1 Å². The number of rotatable bonds is 7. The summed E-state index contributed by atoms with van der Waals surface area (Å²) in [6, 6.07) is 4.92. The van der Waals surface area contributed by atoms with Crippen molar-refractivity contribution in [3.63, 3.8) is 0 Å². The Labute approximate surface area is 226 Å². The summed E-state index contributed by atoms with van der Waals surface area (Å²) in [5.74, 6) is -2.37. The lowest BCUT2D eigenvalue weighted by Gasteiger charge is -2.29. The third-order valence-corrected chi connectivity index (χ3v) is 6.88. The first-order valence-corrected chi connectivity index (χ1v) is 12.9. The van der Waals surface area contributed by atoms with E-state index in [-0.39, 0.29) is 42.3 Å². The zero-order valence-corrected chi connectivity index (χ0v) is 22.7. The van der Waals surface area contributed by atoms with Crippen LogP contribution in [0.5, 0.6) is 0 Å². The number of benzene rings is 1. The molecule has 39 heavy (non-hydrogen) atoms. The molecule has 0 aliphatic carbocycles. The van der Waals surface area contributed by atoms with Crippen molar-refractivity contribution in [2.75, 3.05) is 6.54 Å². The average Bonchev–Trinajstić information content (AvgIpc) is 3.50. The molecule has 1 aromatic carbocycles. The number of hydrogen-bond donors (Lipinski definition) is 2. The summed E-state index contributed by atoms with van der Waals surface area (Å²) in [6.07, 6.45) is 2.95. The lowest BCUT2D eigenvalue weighted by molar-refractivity contribution is -0.142. The minimum atomic E-state index is -0.848. The first-order chi connectivity index (χ1) is 18.4. The van der Waals surface area contributed by atoms with Crippen molar-refractivity contribution in [2.24, 2.45) is 5.92 Å². The standard InChI is InChI=1S/C28H34F2N6O3/c1-16(2)25(36-15-23(33-34-36)28(3,4)5)27(39)35-14-19(37)10-22(35)26(38)32-11-17-6-8-18(9-7-17)24-20(29)12-31-13-21(24)30/h6-9,12-13,15-16,19,22,25,37H,10-11,14H2,1-5H3,(H,32,38)/t19-,22+,25+/m1/s1. The molecule has 11 heteroatoms. The molecule has 2 N–H and O–H groups in total. The fraction of sp³-hybridized carbons (Fsp3) is 0.464. The Balaban J connectivity index is 1.46. The van der Waals surface area contributed by atoms with Gasteiger partial charge < -0.3 is 15.3 Å². The van der Waals surface area contributed by atoms with Gasteiger partial charge in [0.15, 0.2) is 11.6 Å². The molecule has 0 bridgehead atoms. The highest BCUT2D eigenvalue weighted by atomic mass is 19.1. The molecule has 2 amide bonds. The fourth-order valence-electron chi connectivity index (χ4n) is 4.72. The molecule has 3 aromatic rings. The topological polar surface area (TPSA) is 113 Å². The van der Waals surface area contributed by atoms with E-state index in [9.17, 15) is 23.5 Å². The van der Waals surface area contributed by atoms with E-state index in [0.29, 0.717) is 11.1 Å². The monoisotopic (exact) mass is 540 g/mol. The van der Waals surface area contributed by atoms with Gasteiger partial charge >= 0.3 is 0 Å². The lowest BCUT2D eigenvalue weighted by Crippen LogP contribution is -2.49. The number of aliphatic hydroxyl groups is 1. The summed E-state index contributed by atoms with van der Waals surface area (Å²) in [6.45, 7) is 10.0. The fourth-order valence-corrected chi connectivity index (χ4v) is 4.72. The minimum Gasteiger partial charge on any atom is -0.391 e. The Morgan fingerprint density at radius 1 is 1.13 bits per heavy atom. The molecule has 0 spiro atoms. The first-order valence-electron chi connectivity index (χ1n) is 12.9. The lowest BCUT2D eigenvalue weighted by atomic mass is 9.93. The van der Waals surface area contributed by atoms with Crippen LogP contribution in [0.1, 0.15) is 58.3 Å². The molecule has 1 aliphatic rings. The molecule has 1 fully saturated rings. The summed E-state index contributed by atoms with van der Waals surface area (Å²) in [7, 11) is 0. The van der Waals surface area contributed by atoms with Crippen LogP contribution in [0.4, 0.5) is 8.78 Å². The number of carbonyl (C=O) groups is 2. The second-order valence-electron chi connectivity index (χ2n) is 11.3. The van der Waals surface area contributed by atoms with Crippen LogP contribution in [0.25, 0.3) is 11.1 Å². The van der Waals surface area contributed by atoms with Crippen LogP contribution < -0.4 is 5.32 Å². The second-order valence-corrected chi connectivity index (χ2v) is 11.3. The molecular weight excluding hydrogens is 506 g/mol. The second kappa shape index (κ2) is 11.2. The molecule has 0 saturated carbocycles. The number of pyridine rings is 1. The highest BCUT2D eigenvalue weighted by molar-refractivity contribution is 5.90. The Bertz CT molecular complexity index is 1320. The van der Waals surface area contributed by atoms with E-state index in [1.807, 2.05) is 34.6 Å². The van der Waals surface area contributed by atoms with Crippen molar-refractivity contribution >= 4 is 11.8 Å². The van der Waals surface area contributed by atoms with E-state index in [1.165, 1.54) is 4.90 Å². The number of halogens is 2. The van der Waals surface area contributed by atoms with Gasteiger partial charge in [-0.1, -0.05) is 64.1 Å². The van der Waals surface area contributed by atoms with Gasteiger partial charge in [0.2, 0.25) is 11.8 Å².